The highest BCUT2D eigenvalue weighted by Gasteiger charge is 2.40. The maximum absolute atomic E-state index is 6.13. The molecule has 5 heteroatoms. The molecule has 0 aliphatic heterocycles. The van der Waals surface area contributed by atoms with Crippen LogP contribution in [0.3, 0.4) is 0 Å². The first-order valence-electron chi connectivity index (χ1n) is 8.32. The Hall–Kier alpha value is 0.0469. The van der Waals surface area contributed by atoms with Crippen LogP contribution < -0.4 is 0 Å². The highest BCUT2D eigenvalue weighted by atomic mass is 127. The normalized spacial score (nSPS) is 11.8. The second kappa shape index (κ2) is 11.6. The lowest BCUT2D eigenvalue weighted by Gasteiger charge is -2.29. The van der Waals surface area contributed by atoms with Gasteiger partial charge in [-0.1, -0.05) is 32.9 Å². The molecule has 1 aromatic carbocycles. The maximum atomic E-state index is 6.13. The van der Waals surface area contributed by atoms with Crippen LogP contribution in [-0.2, 0) is 19.7 Å². The molecule has 1 rings (SSSR count). The molecule has 0 aliphatic rings. The van der Waals surface area contributed by atoms with Crippen LogP contribution in [0.1, 0.15) is 45.6 Å². The Morgan fingerprint density at radius 1 is 0.909 bits per heavy atom. The molecule has 1 aromatic rings. The molecule has 0 heterocycles. The summed E-state index contributed by atoms with van der Waals surface area (Å²) in [4.78, 5) is 0. The van der Waals surface area contributed by atoms with E-state index in [-0.39, 0.29) is 0 Å². The van der Waals surface area contributed by atoms with Crippen molar-refractivity contribution in [1.82, 2.24) is 0 Å². The van der Waals surface area contributed by atoms with Crippen molar-refractivity contribution < 1.29 is 13.3 Å². The molecule has 0 fully saturated rings. The molecule has 3 nitrogen and oxygen atoms in total. The van der Waals surface area contributed by atoms with E-state index in [0.29, 0.717) is 19.8 Å². The van der Waals surface area contributed by atoms with E-state index in [4.69, 9.17) is 13.3 Å². The molecule has 0 N–H and O–H groups in total. The average Bonchev–Trinajstić information content (AvgIpc) is 2.53. The highest BCUT2D eigenvalue weighted by Crippen LogP contribution is 2.21. The standard InChI is InChI=1S/C17H29IO3Si/c1-4-11-19-22(20-12-5-2,21-13-6-3)14-10-16-8-7-9-17(18)15-16/h7-9,15H,4-6,10-14H2,1-3H3. The predicted octanol–water partition coefficient (Wildman–Crippen LogP) is 5.05. The highest BCUT2D eigenvalue weighted by molar-refractivity contribution is 14.1. The summed E-state index contributed by atoms with van der Waals surface area (Å²) in [6.07, 6.45) is 3.91. The number of halogens is 1. The fraction of sp³-hybridized carbons (Fsp3) is 0.647. The van der Waals surface area contributed by atoms with Crippen molar-refractivity contribution >= 4 is 31.4 Å². The lowest BCUT2D eigenvalue weighted by Crippen LogP contribution is -2.47. The quantitative estimate of drug-likeness (QED) is 0.339. The largest absolute Gasteiger partial charge is 0.501 e. The number of hydrogen-bond acceptors (Lipinski definition) is 3. The van der Waals surface area contributed by atoms with E-state index in [9.17, 15) is 0 Å². The number of aryl methyl sites for hydroxylation is 1. The Kier molecular flexibility index (Phi) is 10.6. The van der Waals surface area contributed by atoms with E-state index in [1.807, 2.05) is 0 Å². The Balaban J connectivity index is 2.75. The van der Waals surface area contributed by atoms with Crippen molar-refractivity contribution in [2.24, 2.45) is 0 Å². The molecule has 22 heavy (non-hydrogen) atoms. The van der Waals surface area contributed by atoms with Crippen LogP contribution in [-0.4, -0.2) is 28.6 Å². The van der Waals surface area contributed by atoms with Crippen LogP contribution in [0.5, 0.6) is 0 Å². The Bertz CT molecular complexity index is 393. The molecule has 0 spiro atoms. The lowest BCUT2D eigenvalue weighted by molar-refractivity contribution is 0.0593. The molecule has 0 amide bonds. The van der Waals surface area contributed by atoms with Crippen LogP contribution in [0.2, 0.25) is 6.04 Å². The van der Waals surface area contributed by atoms with Crippen LogP contribution in [0.15, 0.2) is 24.3 Å². The minimum absolute atomic E-state index is 0.714. The summed E-state index contributed by atoms with van der Waals surface area (Å²) < 4.78 is 19.6. The fourth-order valence-corrected chi connectivity index (χ4v) is 5.53. The summed E-state index contributed by atoms with van der Waals surface area (Å²) >= 11 is 2.35. The molecule has 0 atom stereocenters. The van der Waals surface area contributed by atoms with Crippen molar-refractivity contribution in [1.29, 1.82) is 0 Å². The third-order valence-corrected chi connectivity index (χ3v) is 6.65. The van der Waals surface area contributed by atoms with Gasteiger partial charge in [0, 0.05) is 29.4 Å². The Labute approximate surface area is 150 Å². The lowest BCUT2D eigenvalue weighted by atomic mass is 10.2. The third-order valence-electron chi connectivity index (χ3n) is 3.19. The SMILES string of the molecule is CCCO[Si](CCc1cccc(I)c1)(OCCC)OCCC. The molecular formula is C17H29IO3Si. The van der Waals surface area contributed by atoms with Gasteiger partial charge in [0.2, 0.25) is 0 Å². The van der Waals surface area contributed by atoms with E-state index in [0.717, 1.165) is 31.7 Å². The van der Waals surface area contributed by atoms with Gasteiger partial charge >= 0.3 is 8.80 Å². The first-order chi connectivity index (χ1) is 10.7. The van der Waals surface area contributed by atoms with Gasteiger partial charge in [-0.15, -0.1) is 0 Å². The van der Waals surface area contributed by atoms with Gasteiger partial charge in [0.05, 0.1) is 0 Å². The van der Waals surface area contributed by atoms with Crippen molar-refractivity contribution in [2.75, 3.05) is 19.8 Å². The first-order valence-corrected chi connectivity index (χ1v) is 11.3. The number of benzene rings is 1. The molecule has 0 saturated heterocycles. The van der Waals surface area contributed by atoms with Gasteiger partial charge in [0.15, 0.2) is 0 Å². The van der Waals surface area contributed by atoms with E-state index in [2.05, 4.69) is 67.6 Å². The zero-order chi connectivity index (χ0) is 16.3. The van der Waals surface area contributed by atoms with E-state index in [1.54, 1.807) is 0 Å². The Morgan fingerprint density at radius 2 is 1.45 bits per heavy atom. The molecule has 126 valence electrons. The summed E-state index contributed by atoms with van der Waals surface area (Å²) in [5.74, 6) is 0. The molecule has 0 aliphatic carbocycles. The predicted molar refractivity (Wildman–Crippen MR) is 102 cm³/mol. The van der Waals surface area contributed by atoms with Gasteiger partial charge in [-0.05, 0) is 66.0 Å². The van der Waals surface area contributed by atoms with Crippen LogP contribution >= 0.6 is 22.6 Å². The third kappa shape index (κ3) is 7.54. The fourth-order valence-electron chi connectivity index (χ4n) is 2.10. The van der Waals surface area contributed by atoms with Crippen molar-refractivity contribution in [3.8, 4) is 0 Å². The second-order valence-electron chi connectivity index (χ2n) is 5.36. The van der Waals surface area contributed by atoms with Crippen LogP contribution in [0.4, 0.5) is 0 Å². The zero-order valence-electron chi connectivity index (χ0n) is 14.1. The zero-order valence-corrected chi connectivity index (χ0v) is 17.2. The topological polar surface area (TPSA) is 27.7 Å². The summed E-state index contributed by atoms with van der Waals surface area (Å²) in [6.45, 7) is 8.51. The second-order valence-corrected chi connectivity index (χ2v) is 9.34. The van der Waals surface area contributed by atoms with Gasteiger partial charge in [0.1, 0.15) is 0 Å². The Morgan fingerprint density at radius 3 is 1.91 bits per heavy atom. The van der Waals surface area contributed by atoms with Gasteiger partial charge in [-0.2, -0.15) is 0 Å². The van der Waals surface area contributed by atoms with E-state index in [1.165, 1.54) is 9.13 Å². The smallest absolute Gasteiger partial charge is 0.373 e. The summed E-state index contributed by atoms with van der Waals surface area (Å²) in [7, 11) is -2.56. The molecule has 0 radical (unpaired) electrons. The monoisotopic (exact) mass is 436 g/mol. The molecule has 0 unspecified atom stereocenters. The van der Waals surface area contributed by atoms with Crippen LogP contribution in [0, 0.1) is 3.57 Å². The summed E-state index contributed by atoms with van der Waals surface area (Å²) in [5.41, 5.74) is 1.32. The van der Waals surface area contributed by atoms with Gasteiger partial charge in [-0.3, -0.25) is 0 Å². The number of hydrogen-bond donors (Lipinski definition) is 0. The summed E-state index contributed by atoms with van der Waals surface area (Å²) in [5, 5.41) is 0. The minimum Gasteiger partial charge on any atom is -0.373 e. The average molecular weight is 436 g/mol. The van der Waals surface area contributed by atoms with Crippen LogP contribution in [0.25, 0.3) is 0 Å². The molecule has 0 bridgehead atoms. The van der Waals surface area contributed by atoms with Crippen molar-refractivity contribution in [3.05, 3.63) is 33.4 Å². The summed E-state index contributed by atoms with van der Waals surface area (Å²) in [6, 6.07) is 9.46. The van der Waals surface area contributed by atoms with Gasteiger partial charge in [-0.25, -0.2) is 0 Å². The maximum Gasteiger partial charge on any atom is 0.501 e. The molecule has 0 aromatic heterocycles. The van der Waals surface area contributed by atoms with Crippen molar-refractivity contribution in [2.45, 2.75) is 52.5 Å². The van der Waals surface area contributed by atoms with E-state index >= 15 is 0 Å². The van der Waals surface area contributed by atoms with Gasteiger partial charge in [0.25, 0.3) is 0 Å². The first kappa shape index (κ1) is 20.1. The van der Waals surface area contributed by atoms with Gasteiger partial charge < -0.3 is 13.3 Å². The van der Waals surface area contributed by atoms with Crippen molar-refractivity contribution in [3.63, 3.8) is 0 Å². The molecular weight excluding hydrogens is 407 g/mol. The van der Waals surface area contributed by atoms with E-state index < -0.39 is 8.80 Å². The molecule has 0 saturated carbocycles. The number of rotatable bonds is 12. The minimum atomic E-state index is -2.56.